The monoisotopic (exact) mass is 343 g/mol. The van der Waals surface area contributed by atoms with E-state index in [2.05, 4.69) is 29.6 Å². The van der Waals surface area contributed by atoms with Crippen molar-refractivity contribution >= 4 is 11.9 Å². The van der Waals surface area contributed by atoms with Gasteiger partial charge in [0.1, 0.15) is 0 Å². The first-order valence-electron chi connectivity index (χ1n) is 9.52. The average Bonchev–Trinajstić information content (AvgIpc) is 2.64. The number of nitrogens with one attached hydrogen (secondary N) is 1. The SMILES string of the molecule is NC(=O)N1CCC[C@H](C(=O)N[C@H]2CCCC[C@@H]2Cc2ccccc2)C1. The highest BCUT2D eigenvalue weighted by Crippen LogP contribution is 2.28. The number of carbonyl (C=O) groups is 2. The zero-order valence-corrected chi connectivity index (χ0v) is 14.8. The number of benzene rings is 1. The normalized spacial score (nSPS) is 26.9. The lowest BCUT2D eigenvalue weighted by molar-refractivity contribution is -0.127. The lowest BCUT2D eigenvalue weighted by Gasteiger charge is -2.35. The van der Waals surface area contributed by atoms with Crippen LogP contribution in [0.2, 0.25) is 0 Å². The maximum Gasteiger partial charge on any atom is 0.314 e. The minimum atomic E-state index is -0.419. The van der Waals surface area contributed by atoms with E-state index < -0.39 is 6.03 Å². The number of nitrogens with zero attached hydrogens (tertiary/aromatic N) is 1. The second-order valence-corrected chi connectivity index (χ2v) is 7.47. The van der Waals surface area contributed by atoms with Crippen LogP contribution in [-0.2, 0) is 11.2 Å². The molecule has 3 rings (SSSR count). The molecule has 2 fully saturated rings. The molecule has 0 radical (unpaired) electrons. The zero-order chi connectivity index (χ0) is 17.6. The van der Waals surface area contributed by atoms with Crippen molar-refractivity contribution in [2.75, 3.05) is 13.1 Å². The van der Waals surface area contributed by atoms with Crippen LogP contribution in [0.5, 0.6) is 0 Å². The second kappa shape index (κ2) is 8.37. The number of hydrogen-bond acceptors (Lipinski definition) is 2. The van der Waals surface area contributed by atoms with E-state index in [-0.39, 0.29) is 17.9 Å². The summed E-state index contributed by atoms with van der Waals surface area (Å²) in [7, 11) is 0. The Morgan fingerprint density at radius 3 is 2.60 bits per heavy atom. The van der Waals surface area contributed by atoms with E-state index in [1.54, 1.807) is 4.90 Å². The molecule has 0 spiro atoms. The fourth-order valence-corrected chi connectivity index (χ4v) is 4.25. The molecule has 3 atom stereocenters. The minimum Gasteiger partial charge on any atom is -0.353 e. The van der Waals surface area contributed by atoms with Gasteiger partial charge in [0, 0.05) is 19.1 Å². The molecule has 25 heavy (non-hydrogen) atoms. The van der Waals surface area contributed by atoms with Gasteiger partial charge in [-0.2, -0.15) is 0 Å². The lowest BCUT2D eigenvalue weighted by Crippen LogP contribution is -2.50. The molecule has 1 aliphatic heterocycles. The Morgan fingerprint density at radius 1 is 1.08 bits per heavy atom. The third kappa shape index (κ3) is 4.74. The molecule has 3 amide bonds. The van der Waals surface area contributed by atoms with Crippen LogP contribution >= 0.6 is 0 Å². The van der Waals surface area contributed by atoms with Crippen molar-refractivity contribution in [1.29, 1.82) is 0 Å². The first kappa shape index (κ1) is 17.8. The summed E-state index contributed by atoms with van der Waals surface area (Å²) in [5.41, 5.74) is 6.72. The third-order valence-corrected chi connectivity index (χ3v) is 5.68. The number of piperidine rings is 1. The number of primary amides is 1. The largest absolute Gasteiger partial charge is 0.353 e. The number of urea groups is 1. The van der Waals surface area contributed by atoms with E-state index in [4.69, 9.17) is 5.73 Å². The zero-order valence-electron chi connectivity index (χ0n) is 14.8. The van der Waals surface area contributed by atoms with Crippen molar-refractivity contribution in [3.8, 4) is 0 Å². The Bertz CT molecular complexity index is 590. The highest BCUT2D eigenvalue weighted by atomic mass is 16.2. The van der Waals surface area contributed by atoms with Crippen molar-refractivity contribution in [1.82, 2.24) is 10.2 Å². The molecule has 1 aromatic rings. The van der Waals surface area contributed by atoms with Gasteiger partial charge < -0.3 is 16.0 Å². The van der Waals surface area contributed by atoms with Gasteiger partial charge in [0.15, 0.2) is 0 Å². The molecule has 3 N–H and O–H groups in total. The van der Waals surface area contributed by atoms with Crippen LogP contribution in [0.15, 0.2) is 30.3 Å². The lowest BCUT2D eigenvalue weighted by atomic mass is 9.80. The van der Waals surface area contributed by atoms with Gasteiger partial charge in [0.2, 0.25) is 5.91 Å². The standard InChI is InChI=1S/C20H29N3O2/c21-20(25)23-12-6-10-17(14-23)19(24)22-18-11-5-4-9-16(18)13-15-7-2-1-3-8-15/h1-3,7-8,16-18H,4-6,9-14H2,(H2,21,25)(H,22,24)/t16-,17+,18+/m1/s1. The van der Waals surface area contributed by atoms with Crippen LogP contribution in [0.1, 0.15) is 44.1 Å². The van der Waals surface area contributed by atoms with E-state index in [0.717, 1.165) is 32.1 Å². The number of nitrogens with two attached hydrogens (primary N) is 1. The summed E-state index contributed by atoms with van der Waals surface area (Å²) in [6, 6.07) is 10.3. The number of likely N-dealkylation sites (tertiary alicyclic amines) is 1. The molecule has 1 saturated heterocycles. The van der Waals surface area contributed by atoms with Crippen molar-refractivity contribution in [2.24, 2.45) is 17.6 Å². The third-order valence-electron chi connectivity index (χ3n) is 5.68. The van der Waals surface area contributed by atoms with Gasteiger partial charge in [-0.15, -0.1) is 0 Å². The van der Waals surface area contributed by atoms with Gasteiger partial charge in [-0.05, 0) is 43.6 Å². The van der Waals surface area contributed by atoms with Gasteiger partial charge in [-0.25, -0.2) is 4.79 Å². The Kier molecular flexibility index (Phi) is 5.95. The number of hydrogen-bond donors (Lipinski definition) is 2. The number of rotatable bonds is 4. The van der Waals surface area contributed by atoms with Crippen LogP contribution in [0.25, 0.3) is 0 Å². The summed E-state index contributed by atoms with van der Waals surface area (Å²) in [4.78, 5) is 25.7. The van der Waals surface area contributed by atoms with Gasteiger partial charge in [-0.1, -0.05) is 43.2 Å². The molecule has 0 bridgehead atoms. The van der Waals surface area contributed by atoms with Crippen LogP contribution < -0.4 is 11.1 Å². The molecule has 1 heterocycles. The van der Waals surface area contributed by atoms with Crippen molar-refractivity contribution in [2.45, 2.75) is 51.0 Å². The first-order valence-corrected chi connectivity index (χ1v) is 9.52. The summed E-state index contributed by atoms with van der Waals surface area (Å²) < 4.78 is 0. The smallest absolute Gasteiger partial charge is 0.314 e. The minimum absolute atomic E-state index is 0.0934. The van der Waals surface area contributed by atoms with Crippen molar-refractivity contribution in [3.05, 3.63) is 35.9 Å². The number of carbonyl (C=O) groups excluding carboxylic acids is 2. The Morgan fingerprint density at radius 2 is 1.84 bits per heavy atom. The fraction of sp³-hybridized carbons (Fsp3) is 0.600. The fourth-order valence-electron chi connectivity index (χ4n) is 4.25. The first-order chi connectivity index (χ1) is 12.1. The predicted octanol–water partition coefficient (Wildman–Crippen LogP) is 2.69. The average molecular weight is 343 g/mol. The summed E-state index contributed by atoms with van der Waals surface area (Å²) in [6.45, 7) is 1.12. The van der Waals surface area contributed by atoms with E-state index in [0.29, 0.717) is 19.0 Å². The molecule has 1 aliphatic carbocycles. The second-order valence-electron chi connectivity index (χ2n) is 7.47. The molecule has 1 saturated carbocycles. The molecule has 136 valence electrons. The Balaban J connectivity index is 1.59. The Labute approximate surface area is 150 Å². The van der Waals surface area contributed by atoms with Gasteiger partial charge >= 0.3 is 6.03 Å². The summed E-state index contributed by atoms with van der Waals surface area (Å²) >= 11 is 0. The van der Waals surface area contributed by atoms with Crippen LogP contribution in [0.3, 0.4) is 0 Å². The maximum atomic E-state index is 12.7. The molecule has 0 unspecified atom stereocenters. The molecule has 2 aliphatic rings. The highest BCUT2D eigenvalue weighted by molar-refractivity contribution is 5.80. The van der Waals surface area contributed by atoms with Gasteiger partial charge in [0.05, 0.1) is 5.92 Å². The van der Waals surface area contributed by atoms with Crippen molar-refractivity contribution < 1.29 is 9.59 Å². The molecule has 0 aromatic heterocycles. The van der Waals surface area contributed by atoms with E-state index in [1.807, 2.05) is 6.07 Å². The highest BCUT2D eigenvalue weighted by Gasteiger charge is 2.31. The molecular formula is C20H29N3O2. The van der Waals surface area contributed by atoms with E-state index >= 15 is 0 Å². The quantitative estimate of drug-likeness (QED) is 0.882. The van der Waals surface area contributed by atoms with E-state index in [9.17, 15) is 9.59 Å². The maximum absolute atomic E-state index is 12.7. The molecule has 5 heteroatoms. The molecule has 5 nitrogen and oxygen atoms in total. The van der Waals surface area contributed by atoms with Crippen molar-refractivity contribution in [3.63, 3.8) is 0 Å². The summed E-state index contributed by atoms with van der Waals surface area (Å²) in [5.74, 6) is 0.465. The van der Waals surface area contributed by atoms with Crippen LogP contribution in [-0.4, -0.2) is 36.0 Å². The Hall–Kier alpha value is -2.04. The summed E-state index contributed by atoms with van der Waals surface area (Å²) in [6.07, 6.45) is 7.33. The number of amides is 3. The summed E-state index contributed by atoms with van der Waals surface area (Å²) in [5, 5.41) is 3.30. The van der Waals surface area contributed by atoms with Gasteiger partial charge in [-0.3, -0.25) is 4.79 Å². The molecule has 1 aromatic carbocycles. The van der Waals surface area contributed by atoms with Crippen LogP contribution in [0, 0.1) is 11.8 Å². The van der Waals surface area contributed by atoms with Gasteiger partial charge in [0.25, 0.3) is 0 Å². The van der Waals surface area contributed by atoms with E-state index in [1.165, 1.54) is 18.4 Å². The topological polar surface area (TPSA) is 75.4 Å². The molecular weight excluding hydrogens is 314 g/mol. The van der Waals surface area contributed by atoms with Crippen LogP contribution in [0.4, 0.5) is 4.79 Å². The predicted molar refractivity (Wildman–Crippen MR) is 97.9 cm³/mol.